The van der Waals surface area contributed by atoms with Crippen LogP contribution in [-0.2, 0) is 16.4 Å². The van der Waals surface area contributed by atoms with E-state index in [-0.39, 0.29) is 21.9 Å². The van der Waals surface area contributed by atoms with Gasteiger partial charge in [0.05, 0.1) is 21.1 Å². The maximum Gasteiger partial charge on any atom is 0.416 e. The number of nitro benzene ring substituents is 1. The van der Waals surface area contributed by atoms with Crippen molar-refractivity contribution in [3.63, 3.8) is 0 Å². The molecule has 0 bridgehead atoms. The number of benzene rings is 2. The summed E-state index contributed by atoms with van der Waals surface area (Å²) in [5, 5.41) is 13.8. The third-order valence-electron chi connectivity index (χ3n) is 4.78. The van der Waals surface area contributed by atoms with Crippen LogP contribution in [-0.4, -0.2) is 23.1 Å². The second-order valence-electron chi connectivity index (χ2n) is 6.79. The SMILES string of the molecule is O=C(CSc1ccc(C(F)(F)F)cc1[N+](=O)[O-])NCC1(c2ccc(F)cc2)CC1. The van der Waals surface area contributed by atoms with Gasteiger partial charge in [-0.05, 0) is 42.7 Å². The summed E-state index contributed by atoms with van der Waals surface area (Å²) < 4.78 is 51.3. The molecule has 29 heavy (non-hydrogen) atoms. The van der Waals surface area contributed by atoms with Crippen molar-refractivity contribution >= 4 is 23.4 Å². The molecule has 2 aromatic rings. The lowest BCUT2D eigenvalue weighted by molar-refractivity contribution is -0.388. The Morgan fingerprint density at radius 1 is 1.17 bits per heavy atom. The van der Waals surface area contributed by atoms with Crippen molar-refractivity contribution in [2.45, 2.75) is 29.3 Å². The van der Waals surface area contributed by atoms with Crippen LogP contribution < -0.4 is 5.32 Å². The minimum atomic E-state index is -4.69. The molecule has 0 unspecified atom stereocenters. The van der Waals surface area contributed by atoms with Crippen LogP contribution in [0.4, 0.5) is 23.2 Å². The van der Waals surface area contributed by atoms with Gasteiger partial charge in [0.2, 0.25) is 5.91 Å². The fourth-order valence-electron chi connectivity index (χ4n) is 2.94. The van der Waals surface area contributed by atoms with Gasteiger partial charge in [-0.3, -0.25) is 14.9 Å². The topological polar surface area (TPSA) is 72.2 Å². The number of nitrogens with one attached hydrogen (secondary N) is 1. The van der Waals surface area contributed by atoms with E-state index in [2.05, 4.69) is 5.32 Å². The number of carbonyl (C=O) groups is 1. The van der Waals surface area contributed by atoms with E-state index in [4.69, 9.17) is 0 Å². The van der Waals surface area contributed by atoms with Gasteiger partial charge in [0, 0.05) is 18.0 Å². The van der Waals surface area contributed by atoms with Gasteiger partial charge in [-0.1, -0.05) is 12.1 Å². The normalized spacial score (nSPS) is 15.0. The summed E-state index contributed by atoms with van der Waals surface area (Å²) >= 11 is 0.801. The average molecular weight is 428 g/mol. The van der Waals surface area contributed by atoms with Gasteiger partial charge in [-0.25, -0.2) is 4.39 Å². The van der Waals surface area contributed by atoms with E-state index < -0.39 is 28.3 Å². The van der Waals surface area contributed by atoms with Gasteiger partial charge in [0.1, 0.15) is 5.82 Å². The number of hydrogen-bond acceptors (Lipinski definition) is 4. The first-order valence-electron chi connectivity index (χ1n) is 8.62. The molecule has 1 amide bonds. The van der Waals surface area contributed by atoms with Gasteiger partial charge in [0.25, 0.3) is 5.69 Å². The molecule has 10 heteroatoms. The third-order valence-corrected chi connectivity index (χ3v) is 5.84. The molecule has 154 valence electrons. The second-order valence-corrected chi connectivity index (χ2v) is 7.81. The molecule has 0 saturated heterocycles. The highest BCUT2D eigenvalue weighted by atomic mass is 32.2. The summed E-state index contributed by atoms with van der Waals surface area (Å²) in [5.41, 5.74) is -1.13. The minimum Gasteiger partial charge on any atom is -0.354 e. The summed E-state index contributed by atoms with van der Waals surface area (Å²) in [7, 11) is 0. The first kappa shape index (κ1) is 21.1. The first-order chi connectivity index (χ1) is 13.6. The number of rotatable bonds is 7. The number of halogens is 4. The molecule has 0 aliphatic heterocycles. The van der Waals surface area contributed by atoms with Crippen LogP contribution in [0, 0.1) is 15.9 Å². The molecule has 0 radical (unpaired) electrons. The van der Waals surface area contributed by atoms with Gasteiger partial charge in [-0.2, -0.15) is 13.2 Å². The highest BCUT2D eigenvalue weighted by molar-refractivity contribution is 8.00. The smallest absolute Gasteiger partial charge is 0.354 e. The van der Waals surface area contributed by atoms with Crippen LogP contribution in [0.25, 0.3) is 0 Å². The lowest BCUT2D eigenvalue weighted by Crippen LogP contribution is -2.33. The standard InChI is InChI=1S/C19H16F4N2O3S/c20-14-4-1-12(2-5-14)18(7-8-18)11-24-17(26)10-29-16-6-3-13(19(21,22)23)9-15(16)25(27)28/h1-6,9H,7-8,10-11H2,(H,24,26). The van der Waals surface area contributed by atoms with Crippen LogP contribution >= 0.6 is 11.8 Å². The van der Waals surface area contributed by atoms with Gasteiger partial charge in [0.15, 0.2) is 0 Å². The van der Waals surface area contributed by atoms with Crippen LogP contribution in [0.15, 0.2) is 47.4 Å². The van der Waals surface area contributed by atoms with E-state index in [1.807, 2.05) is 0 Å². The molecule has 1 fully saturated rings. The Kier molecular flexibility index (Phi) is 5.83. The molecule has 0 aromatic heterocycles. The number of hydrogen-bond donors (Lipinski definition) is 1. The van der Waals surface area contributed by atoms with Crippen molar-refractivity contribution in [2.75, 3.05) is 12.3 Å². The number of nitrogens with zero attached hydrogens (tertiary/aromatic N) is 1. The van der Waals surface area contributed by atoms with Crippen molar-refractivity contribution < 1.29 is 27.3 Å². The zero-order chi connectivity index (χ0) is 21.2. The van der Waals surface area contributed by atoms with Gasteiger partial charge >= 0.3 is 6.18 Å². The minimum absolute atomic E-state index is 0.0159. The second kappa shape index (κ2) is 8.02. The number of alkyl halides is 3. The summed E-state index contributed by atoms with van der Waals surface area (Å²) in [4.78, 5) is 22.3. The van der Waals surface area contributed by atoms with Crippen LogP contribution in [0.1, 0.15) is 24.0 Å². The quantitative estimate of drug-likeness (QED) is 0.301. The highest BCUT2D eigenvalue weighted by Gasteiger charge is 2.44. The van der Waals surface area contributed by atoms with E-state index in [9.17, 15) is 32.5 Å². The zero-order valence-electron chi connectivity index (χ0n) is 15.0. The molecular formula is C19H16F4N2O3S. The summed E-state index contributed by atoms with van der Waals surface area (Å²) in [6, 6.07) is 8.28. The Bertz CT molecular complexity index is 928. The molecule has 2 aromatic carbocycles. The molecule has 0 atom stereocenters. The predicted octanol–water partition coefficient (Wildman–Crippen LogP) is 4.69. The number of thioether (sulfide) groups is 1. The summed E-state index contributed by atoms with van der Waals surface area (Å²) in [6.45, 7) is 0.340. The number of carbonyl (C=O) groups excluding carboxylic acids is 1. The Balaban J connectivity index is 1.59. The maximum atomic E-state index is 13.1. The predicted molar refractivity (Wildman–Crippen MR) is 99.1 cm³/mol. The van der Waals surface area contributed by atoms with Crippen molar-refractivity contribution in [1.82, 2.24) is 5.32 Å². The lowest BCUT2D eigenvalue weighted by Gasteiger charge is -2.16. The molecule has 1 saturated carbocycles. The Morgan fingerprint density at radius 2 is 1.83 bits per heavy atom. The van der Waals surface area contributed by atoms with Crippen molar-refractivity contribution in [1.29, 1.82) is 0 Å². The van der Waals surface area contributed by atoms with Crippen molar-refractivity contribution in [3.05, 3.63) is 69.5 Å². The molecule has 5 nitrogen and oxygen atoms in total. The fourth-order valence-corrected chi connectivity index (χ4v) is 3.78. The molecule has 0 heterocycles. The van der Waals surface area contributed by atoms with Gasteiger partial charge in [-0.15, -0.1) is 11.8 Å². The monoisotopic (exact) mass is 428 g/mol. The van der Waals surface area contributed by atoms with Crippen molar-refractivity contribution in [3.8, 4) is 0 Å². The summed E-state index contributed by atoms with van der Waals surface area (Å²) in [5.74, 6) is -0.910. The summed E-state index contributed by atoms with van der Waals surface area (Å²) in [6.07, 6.45) is -3.00. The van der Waals surface area contributed by atoms with Crippen molar-refractivity contribution in [2.24, 2.45) is 0 Å². The average Bonchev–Trinajstić information content (AvgIpc) is 3.45. The third kappa shape index (κ3) is 5.06. The Morgan fingerprint density at radius 3 is 2.38 bits per heavy atom. The first-order valence-corrected chi connectivity index (χ1v) is 9.60. The van der Waals surface area contributed by atoms with E-state index in [1.165, 1.54) is 12.1 Å². The molecule has 1 aliphatic rings. The van der Waals surface area contributed by atoms with Gasteiger partial charge < -0.3 is 5.32 Å². The fraction of sp³-hybridized carbons (Fsp3) is 0.316. The lowest BCUT2D eigenvalue weighted by atomic mass is 9.96. The van der Waals surface area contributed by atoms with E-state index in [0.717, 1.165) is 42.3 Å². The zero-order valence-corrected chi connectivity index (χ0v) is 15.8. The van der Waals surface area contributed by atoms with Crippen LogP contribution in [0.2, 0.25) is 0 Å². The van der Waals surface area contributed by atoms with Crippen LogP contribution in [0.5, 0.6) is 0 Å². The number of amides is 1. The van der Waals surface area contributed by atoms with Crippen LogP contribution in [0.3, 0.4) is 0 Å². The van der Waals surface area contributed by atoms with E-state index >= 15 is 0 Å². The largest absolute Gasteiger partial charge is 0.416 e. The van der Waals surface area contributed by atoms with E-state index in [1.54, 1.807) is 12.1 Å². The molecular weight excluding hydrogens is 412 g/mol. The molecule has 1 aliphatic carbocycles. The highest BCUT2D eigenvalue weighted by Crippen LogP contribution is 2.47. The molecule has 1 N–H and O–H groups in total. The Labute approximate surface area is 167 Å². The molecule has 3 rings (SSSR count). The van der Waals surface area contributed by atoms with E-state index in [0.29, 0.717) is 12.6 Å². The maximum absolute atomic E-state index is 13.1. The Hall–Kier alpha value is -2.62. The molecule has 0 spiro atoms. The number of nitro groups is 1.